The van der Waals surface area contributed by atoms with E-state index in [1.54, 1.807) is 37.3 Å². The van der Waals surface area contributed by atoms with Crippen LogP contribution in [-0.2, 0) is 0 Å². The highest BCUT2D eigenvalue weighted by atomic mass is 19.1. The third-order valence-corrected chi connectivity index (χ3v) is 4.56. The molecule has 0 spiro atoms. The third kappa shape index (κ3) is 4.64. The van der Waals surface area contributed by atoms with E-state index >= 15 is 0 Å². The summed E-state index contributed by atoms with van der Waals surface area (Å²) in [5.41, 5.74) is 1.01. The fourth-order valence-corrected chi connectivity index (χ4v) is 2.98. The summed E-state index contributed by atoms with van der Waals surface area (Å²) in [7, 11) is 0. The number of aliphatic hydroxyl groups excluding tert-OH is 1. The summed E-state index contributed by atoms with van der Waals surface area (Å²) >= 11 is 0. The highest BCUT2D eigenvalue weighted by molar-refractivity contribution is 6.09. The lowest BCUT2D eigenvalue weighted by Crippen LogP contribution is -2.24. The molecule has 0 aliphatic carbocycles. The minimum Gasteiger partial charge on any atom is -0.386 e. The first-order chi connectivity index (χ1) is 13.9. The average Bonchev–Trinajstić information content (AvgIpc) is 2.74. The maximum absolute atomic E-state index is 13.1. The van der Waals surface area contributed by atoms with Gasteiger partial charge >= 0.3 is 0 Å². The van der Waals surface area contributed by atoms with Gasteiger partial charge in [0.05, 0.1) is 17.1 Å². The van der Waals surface area contributed by atoms with Gasteiger partial charge in [0.2, 0.25) is 0 Å². The highest BCUT2D eigenvalue weighted by Crippen LogP contribution is 2.29. The van der Waals surface area contributed by atoms with Crippen molar-refractivity contribution >= 4 is 17.2 Å². The number of nitrogens with one attached hydrogen (secondary N) is 1. The van der Waals surface area contributed by atoms with Crippen LogP contribution in [0.5, 0.6) is 0 Å². The number of carbonyl (C=O) groups is 1. The van der Waals surface area contributed by atoms with E-state index in [0.29, 0.717) is 11.1 Å². The molecule has 0 bridgehead atoms. The van der Waals surface area contributed by atoms with Crippen LogP contribution in [0.2, 0.25) is 0 Å². The summed E-state index contributed by atoms with van der Waals surface area (Å²) in [6.07, 6.45) is -1.01. The van der Waals surface area contributed by atoms with Crippen LogP contribution >= 0.6 is 0 Å². The zero-order valence-electron chi connectivity index (χ0n) is 15.6. The second-order valence-electron chi connectivity index (χ2n) is 6.61. The molecule has 2 atom stereocenters. The smallest absolute Gasteiger partial charge is 0.293 e. The molecule has 0 amide bonds. The van der Waals surface area contributed by atoms with Crippen LogP contribution in [0.1, 0.15) is 34.5 Å². The number of ketones is 1. The number of hydrogen-bond donors (Lipinski definition) is 2. The largest absolute Gasteiger partial charge is 0.386 e. The van der Waals surface area contributed by atoms with Gasteiger partial charge in [-0.05, 0) is 36.8 Å². The molecule has 0 heterocycles. The van der Waals surface area contributed by atoms with E-state index in [4.69, 9.17) is 0 Å². The van der Waals surface area contributed by atoms with Crippen LogP contribution in [-0.4, -0.2) is 21.9 Å². The van der Waals surface area contributed by atoms with Gasteiger partial charge in [-0.25, -0.2) is 4.39 Å². The van der Waals surface area contributed by atoms with Crippen molar-refractivity contribution in [2.24, 2.45) is 0 Å². The fourth-order valence-electron chi connectivity index (χ4n) is 2.98. The van der Waals surface area contributed by atoms with E-state index in [-0.39, 0.29) is 22.7 Å². The number of anilines is 1. The topological polar surface area (TPSA) is 92.5 Å². The molecule has 0 radical (unpaired) electrons. The van der Waals surface area contributed by atoms with Crippen LogP contribution < -0.4 is 5.32 Å². The highest BCUT2D eigenvalue weighted by Gasteiger charge is 2.22. The van der Waals surface area contributed by atoms with Gasteiger partial charge in [-0.1, -0.05) is 42.5 Å². The lowest BCUT2D eigenvalue weighted by Gasteiger charge is -2.21. The third-order valence-electron chi connectivity index (χ3n) is 4.56. The molecule has 0 aliphatic rings. The van der Waals surface area contributed by atoms with Gasteiger partial charge < -0.3 is 10.4 Å². The monoisotopic (exact) mass is 394 g/mol. The Kier molecular flexibility index (Phi) is 5.99. The SMILES string of the molecule is CC(Nc1ccc(C(=O)c2ccccc2)cc1[N+](=O)[O-])C(O)c1ccc(F)cc1. The summed E-state index contributed by atoms with van der Waals surface area (Å²) in [6.45, 7) is 1.65. The Morgan fingerprint density at radius 1 is 1.03 bits per heavy atom. The molecule has 0 aromatic heterocycles. The molecular weight excluding hydrogens is 375 g/mol. The molecule has 148 valence electrons. The Balaban J connectivity index is 1.84. The first-order valence-electron chi connectivity index (χ1n) is 8.95. The van der Waals surface area contributed by atoms with Gasteiger partial charge in [0.1, 0.15) is 11.5 Å². The lowest BCUT2D eigenvalue weighted by molar-refractivity contribution is -0.384. The average molecular weight is 394 g/mol. The number of rotatable bonds is 7. The van der Waals surface area contributed by atoms with Crippen LogP contribution in [0.25, 0.3) is 0 Å². The predicted octanol–water partition coefficient (Wildman–Crippen LogP) is 4.50. The molecule has 3 rings (SSSR count). The van der Waals surface area contributed by atoms with Crippen molar-refractivity contribution in [3.63, 3.8) is 0 Å². The summed E-state index contributed by atoms with van der Waals surface area (Å²) in [6, 6.07) is 17.4. The molecule has 0 saturated heterocycles. The summed E-state index contributed by atoms with van der Waals surface area (Å²) in [5, 5.41) is 24.9. The molecule has 29 heavy (non-hydrogen) atoms. The van der Waals surface area contributed by atoms with Crippen LogP contribution in [0, 0.1) is 15.9 Å². The number of carbonyl (C=O) groups excluding carboxylic acids is 1. The number of hydrogen-bond acceptors (Lipinski definition) is 5. The lowest BCUT2D eigenvalue weighted by atomic mass is 10.0. The van der Waals surface area contributed by atoms with Gasteiger partial charge in [-0.2, -0.15) is 0 Å². The van der Waals surface area contributed by atoms with E-state index < -0.39 is 22.9 Å². The second-order valence-corrected chi connectivity index (χ2v) is 6.61. The van der Waals surface area contributed by atoms with E-state index in [1.165, 1.54) is 42.5 Å². The quantitative estimate of drug-likeness (QED) is 0.350. The first kappa shape index (κ1) is 20.2. The Bertz CT molecular complexity index is 1020. The number of nitro benzene ring substituents is 1. The molecule has 0 saturated carbocycles. The second kappa shape index (κ2) is 8.62. The maximum Gasteiger partial charge on any atom is 0.293 e. The summed E-state index contributed by atoms with van der Waals surface area (Å²) in [5.74, 6) is -0.740. The minimum atomic E-state index is -1.01. The normalized spacial score (nSPS) is 12.8. The summed E-state index contributed by atoms with van der Waals surface area (Å²) in [4.78, 5) is 23.5. The van der Waals surface area contributed by atoms with Crippen LogP contribution in [0.3, 0.4) is 0 Å². The van der Waals surface area contributed by atoms with Crippen molar-refractivity contribution in [1.29, 1.82) is 0 Å². The zero-order valence-corrected chi connectivity index (χ0v) is 15.6. The van der Waals surface area contributed by atoms with E-state index in [9.17, 15) is 24.4 Å². The van der Waals surface area contributed by atoms with Crippen LogP contribution in [0.4, 0.5) is 15.8 Å². The summed E-state index contributed by atoms with van der Waals surface area (Å²) < 4.78 is 13.1. The Morgan fingerprint density at radius 3 is 2.31 bits per heavy atom. The van der Waals surface area contributed by atoms with Gasteiger partial charge in [0.15, 0.2) is 5.78 Å². The molecule has 7 heteroatoms. The van der Waals surface area contributed by atoms with Crippen molar-refractivity contribution in [2.75, 3.05) is 5.32 Å². The maximum atomic E-state index is 13.1. The molecule has 0 aliphatic heterocycles. The zero-order chi connectivity index (χ0) is 21.0. The van der Waals surface area contributed by atoms with Crippen LogP contribution in [0.15, 0.2) is 72.8 Å². The predicted molar refractivity (Wildman–Crippen MR) is 107 cm³/mol. The molecular formula is C22H19FN2O4. The van der Waals surface area contributed by atoms with Gasteiger partial charge in [0.25, 0.3) is 5.69 Å². The van der Waals surface area contributed by atoms with E-state index in [1.807, 2.05) is 0 Å². The van der Waals surface area contributed by atoms with Gasteiger partial charge in [0, 0.05) is 17.2 Å². The van der Waals surface area contributed by atoms with E-state index in [2.05, 4.69) is 5.32 Å². The Morgan fingerprint density at radius 2 is 1.69 bits per heavy atom. The number of nitrogens with zero attached hydrogens (tertiary/aromatic N) is 1. The van der Waals surface area contributed by atoms with Crippen molar-refractivity contribution in [1.82, 2.24) is 0 Å². The van der Waals surface area contributed by atoms with Crippen molar-refractivity contribution in [3.8, 4) is 0 Å². The molecule has 3 aromatic rings. The minimum absolute atomic E-state index is 0.174. The molecule has 2 unspecified atom stereocenters. The molecule has 0 fully saturated rings. The van der Waals surface area contributed by atoms with Gasteiger partial charge in [-0.3, -0.25) is 14.9 Å². The number of benzene rings is 3. The molecule has 6 nitrogen and oxygen atoms in total. The van der Waals surface area contributed by atoms with Crippen molar-refractivity contribution in [2.45, 2.75) is 19.1 Å². The standard InChI is InChI=1S/C22H19FN2O4/c1-14(21(26)16-7-10-18(23)11-8-16)24-19-12-9-17(13-20(19)25(28)29)22(27)15-5-3-2-4-6-15/h2-14,21,24,26H,1H3. The van der Waals surface area contributed by atoms with Gasteiger partial charge in [-0.15, -0.1) is 0 Å². The first-order valence-corrected chi connectivity index (χ1v) is 8.95. The number of nitro groups is 1. The van der Waals surface area contributed by atoms with Crippen molar-refractivity contribution in [3.05, 3.63) is 105 Å². The van der Waals surface area contributed by atoms with Crippen molar-refractivity contribution < 1.29 is 19.2 Å². The van der Waals surface area contributed by atoms with E-state index in [0.717, 1.165) is 0 Å². The number of aliphatic hydroxyl groups is 1. The number of halogens is 1. The Hall–Kier alpha value is -3.58. The Labute approximate surface area is 166 Å². The molecule has 2 N–H and O–H groups in total. The fraction of sp³-hybridized carbons (Fsp3) is 0.136. The molecule has 3 aromatic carbocycles.